The molecule has 11 heteroatoms. The lowest BCUT2D eigenvalue weighted by molar-refractivity contribution is -0.129. The second kappa shape index (κ2) is 10.8. The molecule has 1 atom stereocenters. The Labute approximate surface area is 239 Å². The number of imidazole rings is 1. The third-order valence-corrected chi connectivity index (χ3v) is 7.20. The number of halogens is 1. The molecule has 1 fully saturated rings. The summed E-state index contributed by atoms with van der Waals surface area (Å²) < 4.78 is 6.99. The fraction of sp³-hybridized carbons (Fsp3) is 0.167. The lowest BCUT2D eigenvalue weighted by atomic mass is 10.0. The number of para-hydroxylation sites is 1. The second-order valence-electron chi connectivity index (χ2n) is 9.52. The van der Waals surface area contributed by atoms with Crippen LogP contribution in [0.1, 0.15) is 32.7 Å². The maximum absolute atomic E-state index is 12.9. The van der Waals surface area contributed by atoms with E-state index in [-0.39, 0.29) is 25.4 Å². The van der Waals surface area contributed by atoms with Crippen LogP contribution in [0.4, 0.5) is 4.79 Å². The van der Waals surface area contributed by atoms with E-state index in [1.54, 1.807) is 47.4 Å². The second-order valence-corrected chi connectivity index (χ2v) is 9.92. The highest BCUT2D eigenvalue weighted by Gasteiger charge is 2.40. The van der Waals surface area contributed by atoms with Gasteiger partial charge in [-0.25, -0.2) is 19.2 Å². The molecule has 10 nitrogen and oxygen atoms in total. The summed E-state index contributed by atoms with van der Waals surface area (Å²) in [7, 11) is 0. The summed E-state index contributed by atoms with van der Waals surface area (Å²) in [4.78, 5) is 46.6. The standard InChI is InChI=1S/C30H23ClN6O4/c1-18-7-8-20(14-19(18)9-10-22-17-33-26-6-3-11-35-37(22)26)28(38)32-12-13-36-29(39)25(41-30(36)40)15-21-16-34-27-23(21)4-2-5-24(27)31/h2-8,11,14,16-17,25,34H,12-13,15H2,1H3,(H,32,38). The van der Waals surface area contributed by atoms with Crippen LogP contribution in [-0.4, -0.2) is 61.6 Å². The number of aryl methyl sites for hydroxylation is 1. The van der Waals surface area contributed by atoms with Crippen molar-refractivity contribution in [2.75, 3.05) is 13.1 Å². The molecule has 0 bridgehead atoms. The summed E-state index contributed by atoms with van der Waals surface area (Å²) >= 11 is 6.22. The van der Waals surface area contributed by atoms with E-state index in [4.69, 9.17) is 16.3 Å². The number of imide groups is 1. The highest BCUT2D eigenvalue weighted by molar-refractivity contribution is 6.35. The number of aromatic nitrogens is 4. The molecule has 3 amide bonds. The first kappa shape index (κ1) is 26.1. The summed E-state index contributed by atoms with van der Waals surface area (Å²) in [6, 6.07) is 14.3. The van der Waals surface area contributed by atoms with Crippen LogP contribution in [0.3, 0.4) is 0 Å². The Hall–Kier alpha value is -5.14. The average molecular weight is 567 g/mol. The Morgan fingerprint density at radius 3 is 2.93 bits per heavy atom. The van der Waals surface area contributed by atoms with E-state index < -0.39 is 18.1 Å². The number of aromatic amines is 1. The van der Waals surface area contributed by atoms with Gasteiger partial charge in [0.05, 0.1) is 16.7 Å². The molecule has 0 saturated carbocycles. The first-order valence-electron chi connectivity index (χ1n) is 12.8. The minimum absolute atomic E-state index is 0.0145. The Morgan fingerprint density at radius 1 is 1.17 bits per heavy atom. The Morgan fingerprint density at radius 2 is 2.05 bits per heavy atom. The van der Waals surface area contributed by atoms with Crippen molar-refractivity contribution in [3.8, 4) is 11.8 Å². The van der Waals surface area contributed by atoms with Gasteiger partial charge in [-0.3, -0.25) is 9.59 Å². The number of hydrogen-bond acceptors (Lipinski definition) is 6. The fourth-order valence-corrected chi connectivity index (χ4v) is 4.93. The molecule has 0 radical (unpaired) electrons. The van der Waals surface area contributed by atoms with E-state index in [1.807, 2.05) is 31.2 Å². The van der Waals surface area contributed by atoms with Crippen LogP contribution in [-0.2, 0) is 16.0 Å². The monoisotopic (exact) mass is 566 g/mol. The molecule has 3 aromatic heterocycles. The zero-order valence-corrected chi connectivity index (χ0v) is 22.6. The van der Waals surface area contributed by atoms with Crippen molar-refractivity contribution in [2.24, 2.45) is 0 Å². The Kier molecular flexibility index (Phi) is 6.87. The van der Waals surface area contributed by atoms with E-state index in [9.17, 15) is 14.4 Å². The molecule has 204 valence electrons. The van der Waals surface area contributed by atoms with Gasteiger partial charge in [0.1, 0.15) is 5.69 Å². The smallest absolute Gasteiger partial charge is 0.417 e. The molecule has 6 rings (SSSR count). The van der Waals surface area contributed by atoms with E-state index in [1.165, 1.54) is 0 Å². The molecule has 2 aromatic carbocycles. The molecule has 0 aliphatic carbocycles. The summed E-state index contributed by atoms with van der Waals surface area (Å²) in [5.74, 6) is 5.36. The zero-order valence-electron chi connectivity index (χ0n) is 21.8. The van der Waals surface area contributed by atoms with E-state index >= 15 is 0 Å². The molecule has 1 unspecified atom stereocenters. The normalized spacial score (nSPS) is 14.8. The molecule has 1 aliphatic heterocycles. The van der Waals surface area contributed by atoms with E-state index in [0.717, 1.165) is 26.9 Å². The van der Waals surface area contributed by atoms with Crippen molar-refractivity contribution in [2.45, 2.75) is 19.4 Å². The number of carbonyl (C=O) groups excluding carboxylic acids is 3. The number of cyclic esters (lactones) is 1. The van der Waals surface area contributed by atoms with Gasteiger partial charge in [-0.2, -0.15) is 5.10 Å². The summed E-state index contributed by atoms with van der Waals surface area (Å²) in [5, 5.41) is 8.46. The third kappa shape index (κ3) is 5.11. The van der Waals surface area contributed by atoms with Crippen molar-refractivity contribution in [1.29, 1.82) is 0 Å². The first-order chi connectivity index (χ1) is 19.9. The topological polar surface area (TPSA) is 122 Å². The Bertz CT molecular complexity index is 1900. The number of nitrogens with one attached hydrogen (secondary N) is 2. The van der Waals surface area contributed by atoms with Crippen molar-refractivity contribution >= 4 is 46.1 Å². The minimum atomic E-state index is -0.947. The quantitative estimate of drug-likeness (QED) is 0.301. The van der Waals surface area contributed by atoms with E-state index in [2.05, 4.69) is 32.2 Å². The molecule has 41 heavy (non-hydrogen) atoms. The van der Waals surface area contributed by atoms with Crippen LogP contribution >= 0.6 is 11.6 Å². The minimum Gasteiger partial charge on any atom is -0.435 e. The molecular formula is C30H23ClN6O4. The predicted octanol–water partition coefficient (Wildman–Crippen LogP) is 3.89. The van der Waals surface area contributed by atoms with Gasteiger partial charge in [0.25, 0.3) is 11.8 Å². The van der Waals surface area contributed by atoms with Gasteiger partial charge >= 0.3 is 6.09 Å². The van der Waals surface area contributed by atoms with Crippen LogP contribution < -0.4 is 5.32 Å². The van der Waals surface area contributed by atoms with Crippen LogP contribution in [0.2, 0.25) is 5.02 Å². The van der Waals surface area contributed by atoms with Gasteiger partial charge in [0.15, 0.2) is 11.8 Å². The van der Waals surface area contributed by atoms with Gasteiger partial charge in [0, 0.05) is 48.4 Å². The lowest BCUT2D eigenvalue weighted by Gasteiger charge is -2.12. The van der Waals surface area contributed by atoms with Crippen molar-refractivity contribution < 1.29 is 19.1 Å². The van der Waals surface area contributed by atoms with Gasteiger partial charge in [-0.15, -0.1) is 0 Å². The largest absolute Gasteiger partial charge is 0.435 e. The van der Waals surface area contributed by atoms with Crippen LogP contribution in [0, 0.1) is 18.8 Å². The number of fused-ring (bicyclic) bond motifs is 2. The van der Waals surface area contributed by atoms with Crippen molar-refractivity contribution in [1.82, 2.24) is 29.8 Å². The molecule has 1 saturated heterocycles. The van der Waals surface area contributed by atoms with Gasteiger partial charge in [0.2, 0.25) is 0 Å². The highest BCUT2D eigenvalue weighted by Crippen LogP contribution is 2.27. The number of benzene rings is 2. The molecule has 1 aliphatic rings. The third-order valence-electron chi connectivity index (χ3n) is 6.88. The van der Waals surface area contributed by atoms with Crippen LogP contribution in [0.25, 0.3) is 16.6 Å². The van der Waals surface area contributed by atoms with Gasteiger partial charge in [-0.1, -0.05) is 35.7 Å². The number of nitrogens with zero attached hydrogens (tertiary/aromatic N) is 4. The van der Waals surface area contributed by atoms with Crippen molar-refractivity contribution in [3.63, 3.8) is 0 Å². The van der Waals surface area contributed by atoms with Crippen LogP contribution in [0.15, 0.2) is 67.1 Å². The predicted molar refractivity (Wildman–Crippen MR) is 151 cm³/mol. The van der Waals surface area contributed by atoms with Crippen LogP contribution in [0.5, 0.6) is 0 Å². The molecule has 2 N–H and O–H groups in total. The maximum atomic E-state index is 12.9. The number of rotatable bonds is 6. The van der Waals surface area contributed by atoms with Crippen molar-refractivity contribution in [3.05, 3.63) is 100 Å². The summed E-state index contributed by atoms with van der Waals surface area (Å²) in [5.41, 5.74) is 4.90. The number of hydrogen-bond donors (Lipinski definition) is 2. The average Bonchev–Trinajstić information content (AvgIpc) is 3.65. The van der Waals surface area contributed by atoms with E-state index in [0.29, 0.717) is 27.5 Å². The number of carbonyl (C=O) groups is 3. The fourth-order valence-electron chi connectivity index (χ4n) is 4.70. The first-order valence-corrected chi connectivity index (χ1v) is 13.2. The summed E-state index contributed by atoms with van der Waals surface area (Å²) in [6.45, 7) is 1.96. The molecule has 0 spiro atoms. The number of H-pyrrole nitrogens is 1. The number of ether oxygens (including phenoxy) is 1. The summed E-state index contributed by atoms with van der Waals surface area (Å²) in [6.07, 6.45) is 3.60. The van der Waals surface area contributed by atoms with Gasteiger partial charge < -0.3 is 15.0 Å². The highest BCUT2D eigenvalue weighted by atomic mass is 35.5. The zero-order chi connectivity index (χ0) is 28.5. The number of amides is 3. The Balaban J connectivity index is 1.08. The molecule has 4 heterocycles. The SMILES string of the molecule is Cc1ccc(C(=O)NCCN2C(=O)OC(Cc3c[nH]c4c(Cl)cccc34)C2=O)cc1C#Cc1cnc2cccnn12. The lowest BCUT2D eigenvalue weighted by Crippen LogP contribution is -2.39. The molecule has 5 aromatic rings. The van der Waals surface area contributed by atoms with Gasteiger partial charge in [-0.05, 0) is 54.3 Å². The molecular weight excluding hydrogens is 544 g/mol. The maximum Gasteiger partial charge on any atom is 0.417 e.